The molecule has 0 aliphatic carbocycles. The van der Waals surface area contributed by atoms with Crippen molar-refractivity contribution in [3.63, 3.8) is 0 Å². The highest BCUT2D eigenvalue weighted by Gasteiger charge is 2.10. The number of hydrogen-bond acceptors (Lipinski definition) is 6. The number of nitrogens with zero attached hydrogens (tertiary/aromatic N) is 4. The Balaban J connectivity index is 1.83. The Kier molecular flexibility index (Phi) is 4.01. The van der Waals surface area contributed by atoms with Crippen LogP contribution in [0.3, 0.4) is 0 Å². The molecule has 21 heavy (non-hydrogen) atoms. The van der Waals surface area contributed by atoms with Gasteiger partial charge in [0.1, 0.15) is 10.6 Å². The van der Waals surface area contributed by atoms with Crippen molar-refractivity contribution in [2.75, 3.05) is 24.2 Å². The Bertz CT molecular complexity index is 718. The van der Waals surface area contributed by atoms with Crippen molar-refractivity contribution in [1.29, 1.82) is 0 Å². The number of anilines is 2. The Hall–Kier alpha value is -2.15. The second-order valence-corrected chi connectivity index (χ2v) is 5.77. The van der Waals surface area contributed by atoms with Crippen LogP contribution >= 0.6 is 11.3 Å². The van der Waals surface area contributed by atoms with Crippen molar-refractivity contribution < 1.29 is 0 Å². The van der Waals surface area contributed by atoms with Crippen molar-refractivity contribution in [3.8, 4) is 0 Å². The fourth-order valence-corrected chi connectivity index (χ4v) is 3.08. The van der Waals surface area contributed by atoms with E-state index in [0.717, 1.165) is 35.5 Å². The molecule has 0 unspecified atom stereocenters. The predicted octanol–water partition coefficient (Wildman–Crippen LogP) is 2.60. The summed E-state index contributed by atoms with van der Waals surface area (Å²) in [7, 11) is 1.84. The zero-order valence-electron chi connectivity index (χ0n) is 12.1. The van der Waals surface area contributed by atoms with Crippen LogP contribution in [0.15, 0.2) is 24.8 Å². The average molecular weight is 302 g/mol. The quantitative estimate of drug-likeness (QED) is 0.732. The van der Waals surface area contributed by atoms with Gasteiger partial charge in [-0.15, -0.1) is 11.3 Å². The van der Waals surface area contributed by atoms with Crippen molar-refractivity contribution in [2.24, 2.45) is 0 Å². The van der Waals surface area contributed by atoms with E-state index in [2.05, 4.69) is 38.6 Å². The molecule has 0 aliphatic rings. The van der Waals surface area contributed by atoms with Crippen LogP contribution in [0.2, 0.25) is 0 Å². The maximum atomic E-state index is 4.53. The largest absolute Gasteiger partial charge is 0.368 e. The van der Waals surface area contributed by atoms with Crippen molar-refractivity contribution in [3.05, 3.63) is 29.7 Å². The van der Waals surface area contributed by atoms with Crippen molar-refractivity contribution in [1.82, 2.24) is 19.5 Å². The first-order valence-corrected chi connectivity index (χ1v) is 7.79. The molecule has 0 saturated carbocycles. The van der Waals surface area contributed by atoms with Crippen LogP contribution < -0.4 is 10.6 Å². The average Bonchev–Trinajstić information content (AvgIpc) is 3.15. The SMILES string of the molecule is CCc1cc2c(NCCn3ccnc3)nc(NC)nc2s1. The third kappa shape index (κ3) is 2.97. The van der Waals surface area contributed by atoms with E-state index in [9.17, 15) is 0 Å². The Morgan fingerprint density at radius 2 is 2.24 bits per heavy atom. The summed E-state index contributed by atoms with van der Waals surface area (Å²) in [6.07, 6.45) is 6.57. The highest BCUT2D eigenvalue weighted by Crippen LogP contribution is 2.30. The molecule has 0 aromatic carbocycles. The zero-order chi connectivity index (χ0) is 14.7. The van der Waals surface area contributed by atoms with E-state index in [4.69, 9.17) is 0 Å². The summed E-state index contributed by atoms with van der Waals surface area (Å²) in [5, 5.41) is 7.52. The fraction of sp³-hybridized carbons (Fsp3) is 0.357. The van der Waals surface area contributed by atoms with Crippen LogP contribution in [0.5, 0.6) is 0 Å². The lowest BCUT2D eigenvalue weighted by Crippen LogP contribution is -2.11. The van der Waals surface area contributed by atoms with E-state index in [1.807, 2.05) is 24.1 Å². The lowest BCUT2D eigenvalue weighted by atomic mass is 10.3. The molecule has 6 nitrogen and oxygen atoms in total. The number of imidazole rings is 1. The highest BCUT2D eigenvalue weighted by atomic mass is 32.1. The highest BCUT2D eigenvalue weighted by molar-refractivity contribution is 7.18. The van der Waals surface area contributed by atoms with E-state index in [1.165, 1.54) is 4.88 Å². The standard InChI is InChI=1S/C14H18N6S/c1-3-10-8-11-12(17-5-7-20-6-4-16-9-20)18-14(15-2)19-13(11)21-10/h4,6,8-9H,3,5,7H2,1-2H3,(H2,15,17,18,19). The maximum Gasteiger partial charge on any atom is 0.225 e. The van der Waals surface area contributed by atoms with Crippen LogP contribution in [-0.4, -0.2) is 33.1 Å². The molecule has 3 heterocycles. The summed E-state index contributed by atoms with van der Waals surface area (Å²) in [6, 6.07) is 2.18. The maximum absolute atomic E-state index is 4.53. The number of aryl methyl sites for hydroxylation is 1. The number of rotatable bonds is 6. The summed E-state index contributed by atoms with van der Waals surface area (Å²) in [5.74, 6) is 1.54. The summed E-state index contributed by atoms with van der Waals surface area (Å²) < 4.78 is 2.04. The van der Waals surface area contributed by atoms with E-state index in [-0.39, 0.29) is 0 Å². The molecule has 0 atom stereocenters. The van der Waals surface area contributed by atoms with Crippen LogP contribution in [0.1, 0.15) is 11.8 Å². The number of thiophene rings is 1. The molecule has 0 radical (unpaired) electrons. The molecule has 3 aromatic rings. The molecule has 3 aromatic heterocycles. The van der Waals surface area contributed by atoms with Gasteiger partial charge in [0, 0.05) is 37.4 Å². The van der Waals surface area contributed by atoms with Gasteiger partial charge in [0.05, 0.1) is 11.7 Å². The van der Waals surface area contributed by atoms with Crippen molar-refractivity contribution >= 4 is 33.3 Å². The van der Waals surface area contributed by atoms with Gasteiger partial charge in [0.25, 0.3) is 0 Å². The minimum atomic E-state index is 0.650. The van der Waals surface area contributed by atoms with E-state index < -0.39 is 0 Å². The fourth-order valence-electron chi connectivity index (χ4n) is 2.11. The summed E-state index contributed by atoms with van der Waals surface area (Å²) in [6.45, 7) is 3.80. The number of hydrogen-bond donors (Lipinski definition) is 2. The van der Waals surface area contributed by atoms with E-state index in [0.29, 0.717) is 5.95 Å². The van der Waals surface area contributed by atoms with Gasteiger partial charge in [0.15, 0.2) is 0 Å². The first-order valence-electron chi connectivity index (χ1n) is 6.98. The van der Waals surface area contributed by atoms with Gasteiger partial charge in [-0.25, -0.2) is 9.97 Å². The van der Waals surface area contributed by atoms with Gasteiger partial charge < -0.3 is 15.2 Å². The minimum absolute atomic E-state index is 0.650. The van der Waals surface area contributed by atoms with E-state index >= 15 is 0 Å². The number of aromatic nitrogens is 4. The second kappa shape index (κ2) is 6.09. The molecule has 0 saturated heterocycles. The molecule has 7 heteroatoms. The van der Waals surface area contributed by atoms with Gasteiger partial charge in [0.2, 0.25) is 5.95 Å². The van der Waals surface area contributed by atoms with Gasteiger partial charge in [-0.3, -0.25) is 0 Å². The molecule has 0 aliphatic heterocycles. The topological polar surface area (TPSA) is 67.7 Å². The Morgan fingerprint density at radius 3 is 2.95 bits per heavy atom. The van der Waals surface area contributed by atoms with Gasteiger partial charge in [-0.2, -0.15) is 4.98 Å². The lowest BCUT2D eigenvalue weighted by Gasteiger charge is -2.08. The first-order chi connectivity index (χ1) is 10.3. The molecule has 0 spiro atoms. The Labute approximate surface area is 127 Å². The third-order valence-electron chi connectivity index (χ3n) is 3.24. The second-order valence-electron chi connectivity index (χ2n) is 4.66. The van der Waals surface area contributed by atoms with Crippen LogP contribution in [0.4, 0.5) is 11.8 Å². The minimum Gasteiger partial charge on any atom is -0.368 e. The lowest BCUT2D eigenvalue weighted by molar-refractivity contribution is 0.726. The summed E-state index contributed by atoms with van der Waals surface area (Å²) in [4.78, 5) is 15.4. The molecule has 3 rings (SSSR count). The van der Waals surface area contributed by atoms with Gasteiger partial charge >= 0.3 is 0 Å². The van der Waals surface area contributed by atoms with Gasteiger partial charge in [-0.1, -0.05) is 6.92 Å². The number of fused-ring (bicyclic) bond motifs is 1. The monoisotopic (exact) mass is 302 g/mol. The molecule has 0 amide bonds. The Morgan fingerprint density at radius 1 is 1.33 bits per heavy atom. The molecule has 0 bridgehead atoms. The van der Waals surface area contributed by atoms with E-state index in [1.54, 1.807) is 17.5 Å². The molecule has 0 fully saturated rings. The van der Waals surface area contributed by atoms with Crippen LogP contribution in [0.25, 0.3) is 10.2 Å². The summed E-state index contributed by atoms with van der Waals surface area (Å²) in [5.41, 5.74) is 0. The van der Waals surface area contributed by atoms with Crippen LogP contribution in [-0.2, 0) is 13.0 Å². The molecule has 2 N–H and O–H groups in total. The zero-order valence-corrected chi connectivity index (χ0v) is 12.9. The predicted molar refractivity (Wildman–Crippen MR) is 87.1 cm³/mol. The first kappa shape index (κ1) is 13.8. The van der Waals surface area contributed by atoms with Crippen LogP contribution in [0, 0.1) is 0 Å². The smallest absolute Gasteiger partial charge is 0.225 e. The third-order valence-corrected chi connectivity index (χ3v) is 4.41. The normalized spacial score (nSPS) is 11.0. The molecular formula is C14H18N6S. The number of nitrogens with one attached hydrogen (secondary N) is 2. The summed E-state index contributed by atoms with van der Waals surface area (Å²) >= 11 is 1.73. The molecular weight excluding hydrogens is 284 g/mol. The molecule has 110 valence electrons. The van der Waals surface area contributed by atoms with Crippen molar-refractivity contribution in [2.45, 2.75) is 19.9 Å². The van der Waals surface area contributed by atoms with Gasteiger partial charge in [-0.05, 0) is 12.5 Å².